The maximum atomic E-state index is 13.5. The van der Waals surface area contributed by atoms with Gasteiger partial charge in [0.2, 0.25) is 11.8 Å². The van der Waals surface area contributed by atoms with Crippen LogP contribution >= 0.6 is 0 Å². The summed E-state index contributed by atoms with van der Waals surface area (Å²) in [5, 5.41) is 5.94. The maximum absolute atomic E-state index is 13.5. The van der Waals surface area contributed by atoms with Crippen LogP contribution in [0.3, 0.4) is 0 Å². The first-order valence-electron chi connectivity index (χ1n) is 14.8. The molecule has 0 saturated carbocycles. The lowest BCUT2D eigenvalue weighted by molar-refractivity contribution is -0.137. The van der Waals surface area contributed by atoms with Crippen LogP contribution in [0.25, 0.3) is 6.08 Å². The minimum absolute atomic E-state index is 0.0716. The molecule has 4 aliphatic rings. The van der Waals surface area contributed by atoms with Gasteiger partial charge in [-0.3, -0.25) is 19.4 Å². The Morgan fingerprint density at radius 1 is 0.953 bits per heavy atom. The third-order valence-corrected chi connectivity index (χ3v) is 8.92. The van der Waals surface area contributed by atoms with Gasteiger partial charge in [0.05, 0.1) is 37.4 Å². The van der Waals surface area contributed by atoms with Gasteiger partial charge in [0, 0.05) is 49.1 Å². The topological polar surface area (TPSA) is 123 Å². The predicted molar refractivity (Wildman–Crippen MR) is 158 cm³/mol. The second kappa shape index (κ2) is 11.3. The molecule has 1 spiro atoms. The fraction of sp³-hybridized carbons (Fsp3) is 0.364. The van der Waals surface area contributed by atoms with Gasteiger partial charge in [0.1, 0.15) is 11.9 Å². The van der Waals surface area contributed by atoms with Crippen LogP contribution in [0.2, 0.25) is 0 Å². The van der Waals surface area contributed by atoms with E-state index in [0.29, 0.717) is 70.2 Å². The largest absolute Gasteiger partial charge is 0.377 e. The molecule has 220 valence electrons. The number of anilines is 1. The summed E-state index contributed by atoms with van der Waals surface area (Å²) in [5.41, 5.74) is 4.01. The smallest absolute Gasteiger partial charge is 0.253 e. The number of rotatable bonds is 1. The number of nitrogens with zero attached hydrogens (tertiary/aromatic N) is 3. The van der Waals surface area contributed by atoms with Gasteiger partial charge in [0.15, 0.2) is 0 Å². The minimum atomic E-state index is -0.829. The number of aromatic nitrogens is 2. The summed E-state index contributed by atoms with van der Waals surface area (Å²) in [6.07, 6.45) is 8.46. The fourth-order valence-electron chi connectivity index (χ4n) is 6.68. The molecule has 2 unspecified atom stereocenters. The van der Waals surface area contributed by atoms with Gasteiger partial charge in [-0.15, -0.1) is 0 Å². The molecule has 1 fully saturated rings. The second-order valence-electron chi connectivity index (χ2n) is 11.6. The van der Waals surface area contributed by atoms with Crippen LogP contribution in [0.1, 0.15) is 50.6 Å². The highest BCUT2D eigenvalue weighted by molar-refractivity contribution is 6.06. The van der Waals surface area contributed by atoms with Crippen LogP contribution in [0.15, 0.2) is 60.9 Å². The molecule has 1 aromatic carbocycles. The lowest BCUT2D eigenvalue weighted by atomic mass is 9.79. The van der Waals surface area contributed by atoms with E-state index in [0.717, 1.165) is 27.9 Å². The molecule has 1 saturated heterocycles. The van der Waals surface area contributed by atoms with E-state index < -0.39 is 11.5 Å². The average molecular weight is 580 g/mol. The third-order valence-electron chi connectivity index (χ3n) is 8.92. The maximum Gasteiger partial charge on any atom is 0.253 e. The van der Waals surface area contributed by atoms with Gasteiger partial charge in [-0.2, -0.15) is 0 Å². The SMILES string of the molecule is O=C1NC2CC(c3ccccc3)CN(CCOCCOC/C=C/c3cnc4c(c3)[C@@]3(Cc5cc1cnc5C3)C(=O)N4)C2=O. The van der Waals surface area contributed by atoms with Gasteiger partial charge in [0.25, 0.3) is 5.91 Å². The molecule has 7 bridgehead atoms. The molecule has 2 N–H and O–H groups in total. The van der Waals surface area contributed by atoms with Crippen molar-refractivity contribution in [2.45, 2.75) is 36.6 Å². The quantitative estimate of drug-likeness (QED) is 0.455. The molecule has 5 heterocycles. The van der Waals surface area contributed by atoms with Crippen molar-refractivity contribution < 1.29 is 23.9 Å². The van der Waals surface area contributed by atoms with Crippen molar-refractivity contribution in [1.82, 2.24) is 20.2 Å². The number of hydrogen-bond acceptors (Lipinski definition) is 7. The Labute approximate surface area is 249 Å². The second-order valence-corrected chi connectivity index (χ2v) is 11.6. The molecule has 3 atom stereocenters. The first-order chi connectivity index (χ1) is 21.0. The Morgan fingerprint density at radius 3 is 2.70 bits per heavy atom. The molecule has 2 aromatic heterocycles. The van der Waals surface area contributed by atoms with E-state index in [1.54, 1.807) is 17.3 Å². The van der Waals surface area contributed by atoms with Crippen molar-refractivity contribution in [2.75, 3.05) is 44.8 Å². The number of hydrogen-bond donors (Lipinski definition) is 2. The monoisotopic (exact) mass is 579 g/mol. The molecule has 3 amide bonds. The normalized spacial score (nSPS) is 26.3. The Hall–Kier alpha value is -4.41. The van der Waals surface area contributed by atoms with Gasteiger partial charge >= 0.3 is 0 Å². The first-order valence-corrected chi connectivity index (χ1v) is 14.8. The number of benzene rings is 1. The zero-order valence-corrected chi connectivity index (χ0v) is 23.8. The molecule has 1 aliphatic carbocycles. The number of carbonyl (C=O) groups excluding carboxylic acids is 3. The van der Waals surface area contributed by atoms with Crippen molar-refractivity contribution in [3.8, 4) is 0 Å². The molecule has 3 aliphatic heterocycles. The van der Waals surface area contributed by atoms with Crippen LogP contribution in [-0.2, 0) is 37.3 Å². The van der Waals surface area contributed by atoms with Gasteiger partial charge in [-0.1, -0.05) is 42.5 Å². The lowest BCUT2D eigenvalue weighted by Gasteiger charge is -2.37. The minimum Gasteiger partial charge on any atom is -0.377 e. The van der Waals surface area contributed by atoms with Crippen LogP contribution in [0, 0.1) is 0 Å². The van der Waals surface area contributed by atoms with E-state index in [-0.39, 0.29) is 23.6 Å². The van der Waals surface area contributed by atoms with Crippen molar-refractivity contribution in [2.24, 2.45) is 0 Å². The summed E-state index contributed by atoms with van der Waals surface area (Å²) in [4.78, 5) is 51.4. The van der Waals surface area contributed by atoms with Crippen LogP contribution in [0.5, 0.6) is 0 Å². The number of nitrogens with one attached hydrogen (secondary N) is 2. The molecule has 10 heteroatoms. The van der Waals surface area contributed by atoms with E-state index in [9.17, 15) is 14.4 Å². The van der Waals surface area contributed by atoms with Crippen molar-refractivity contribution in [3.05, 3.63) is 94.4 Å². The highest BCUT2D eigenvalue weighted by Crippen LogP contribution is 2.46. The zero-order chi connectivity index (χ0) is 29.4. The molecule has 10 nitrogen and oxygen atoms in total. The van der Waals surface area contributed by atoms with Crippen LogP contribution in [0.4, 0.5) is 5.82 Å². The molecular weight excluding hydrogens is 546 g/mol. The Bertz CT molecular complexity index is 1610. The van der Waals surface area contributed by atoms with E-state index in [1.165, 1.54) is 0 Å². The number of amides is 3. The van der Waals surface area contributed by atoms with E-state index >= 15 is 0 Å². The number of fused-ring (bicyclic) bond motifs is 4. The first kappa shape index (κ1) is 27.4. The van der Waals surface area contributed by atoms with E-state index in [1.807, 2.05) is 42.5 Å². The molecular formula is C33H33N5O5. The third kappa shape index (κ3) is 5.21. The van der Waals surface area contributed by atoms with Gasteiger partial charge < -0.3 is 25.0 Å². The average Bonchev–Trinajstić information content (AvgIpc) is 3.54. The van der Waals surface area contributed by atoms with Crippen molar-refractivity contribution in [3.63, 3.8) is 0 Å². The number of ether oxygens (including phenoxy) is 2. The lowest BCUT2D eigenvalue weighted by Crippen LogP contribution is -2.55. The summed E-state index contributed by atoms with van der Waals surface area (Å²) < 4.78 is 11.5. The fourth-order valence-corrected chi connectivity index (χ4v) is 6.68. The number of piperidine rings is 1. The summed E-state index contributed by atoms with van der Waals surface area (Å²) in [7, 11) is 0. The molecule has 3 aromatic rings. The van der Waals surface area contributed by atoms with Gasteiger partial charge in [-0.25, -0.2) is 4.98 Å². The Morgan fingerprint density at radius 2 is 1.81 bits per heavy atom. The summed E-state index contributed by atoms with van der Waals surface area (Å²) in [6.45, 7) is 2.58. The highest BCUT2D eigenvalue weighted by atomic mass is 16.5. The van der Waals surface area contributed by atoms with Crippen LogP contribution in [-0.4, -0.2) is 78.1 Å². The van der Waals surface area contributed by atoms with Gasteiger partial charge in [-0.05, 0) is 41.7 Å². The summed E-state index contributed by atoms with van der Waals surface area (Å²) in [6, 6.07) is 13.2. The summed E-state index contributed by atoms with van der Waals surface area (Å²) in [5.74, 6) is 0.0385. The number of carbonyl (C=O) groups is 3. The van der Waals surface area contributed by atoms with Crippen LogP contribution < -0.4 is 10.6 Å². The summed E-state index contributed by atoms with van der Waals surface area (Å²) >= 11 is 0. The van der Waals surface area contributed by atoms with E-state index in [2.05, 4.69) is 32.7 Å². The standard InChI is InChI=1S/C33H33N5O5/c39-30-24-14-23-16-33(17-28(23)34-19-24)26-13-21(18-35-29(26)37-32(33)41)5-4-9-42-11-12-43-10-8-38-20-25(15-27(36-30)31(38)40)22-6-2-1-3-7-22/h1-7,13-14,18-19,25,27H,8-12,15-17,20H2,(H,36,39)(H,35,37,41)/b5-4+/t25?,27?,33-/m0/s1. The Kier molecular flexibility index (Phi) is 7.24. The number of pyridine rings is 2. The highest BCUT2D eigenvalue weighted by Gasteiger charge is 2.52. The van der Waals surface area contributed by atoms with Crippen molar-refractivity contribution in [1.29, 1.82) is 0 Å². The molecule has 0 radical (unpaired) electrons. The van der Waals surface area contributed by atoms with Crippen molar-refractivity contribution >= 4 is 29.6 Å². The predicted octanol–water partition coefficient (Wildman–Crippen LogP) is 2.64. The zero-order valence-electron chi connectivity index (χ0n) is 23.8. The van der Waals surface area contributed by atoms with E-state index in [4.69, 9.17) is 9.47 Å². The molecule has 43 heavy (non-hydrogen) atoms. The Balaban J connectivity index is 1.19. The molecule has 7 rings (SSSR count).